The quantitative estimate of drug-likeness (QED) is 0.876. The Labute approximate surface area is 130 Å². The van der Waals surface area contributed by atoms with Crippen molar-refractivity contribution in [1.82, 2.24) is 14.9 Å². The van der Waals surface area contributed by atoms with Gasteiger partial charge < -0.3 is 10.6 Å². The topological polar surface area (TPSA) is 72.1 Å². The van der Waals surface area contributed by atoms with E-state index in [1.807, 2.05) is 36.9 Å². The Morgan fingerprint density at radius 2 is 1.86 bits per heavy atom. The third kappa shape index (κ3) is 2.95. The molecule has 1 aromatic carbocycles. The molecule has 2 aromatic rings. The van der Waals surface area contributed by atoms with Crippen LogP contribution in [0.15, 0.2) is 18.2 Å². The minimum absolute atomic E-state index is 0.0658. The monoisotopic (exact) mass is 298 g/mol. The van der Waals surface area contributed by atoms with Crippen LogP contribution in [0.1, 0.15) is 41.0 Å². The molecule has 0 bridgehead atoms. The number of fused-ring (bicyclic) bond motifs is 1. The molecule has 2 heterocycles. The first kappa shape index (κ1) is 14.9. The molecule has 1 atom stereocenters. The summed E-state index contributed by atoms with van der Waals surface area (Å²) in [7, 11) is 0. The van der Waals surface area contributed by atoms with Crippen LogP contribution in [0.2, 0.25) is 0 Å². The Kier molecular flexibility index (Phi) is 4.07. The summed E-state index contributed by atoms with van der Waals surface area (Å²) in [5.41, 5.74) is 10.1. The summed E-state index contributed by atoms with van der Waals surface area (Å²) in [4.78, 5) is 23.6. The number of nitrogens with two attached hydrogens (primary N) is 1. The Bertz CT molecular complexity index is 713. The van der Waals surface area contributed by atoms with Gasteiger partial charge in [0.2, 0.25) is 0 Å². The molecule has 0 spiro atoms. The van der Waals surface area contributed by atoms with Crippen molar-refractivity contribution in [3.63, 3.8) is 0 Å². The van der Waals surface area contributed by atoms with Crippen molar-refractivity contribution in [3.05, 3.63) is 35.2 Å². The van der Waals surface area contributed by atoms with E-state index in [9.17, 15) is 4.79 Å². The van der Waals surface area contributed by atoms with Gasteiger partial charge in [-0.05, 0) is 51.3 Å². The lowest BCUT2D eigenvalue weighted by Gasteiger charge is -2.20. The zero-order valence-corrected chi connectivity index (χ0v) is 13.2. The first-order valence-electron chi connectivity index (χ1n) is 7.84. The van der Waals surface area contributed by atoms with Crippen LogP contribution in [0.3, 0.4) is 0 Å². The van der Waals surface area contributed by atoms with Gasteiger partial charge in [-0.2, -0.15) is 0 Å². The minimum Gasteiger partial charge on any atom is -0.339 e. The number of likely N-dealkylation sites (tertiary alicyclic amines) is 1. The molecular formula is C17H22N4O. The molecule has 3 rings (SSSR count). The third-order valence-corrected chi connectivity index (χ3v) is 4.38. The number of amides is 1. The Morgan fingerprint density at radius 1 is 1.14 bits per heavy atom. The predicted molar refractivity (Wildman–Crippen MR) is 86.7 cm³/mol. The molecule has 5 heteroatoms. The number of rotatable bonds is 1. The van der Waals surface area contributed by atoms with Gasteiger partial charge in [0, 0.05) is 24.7 Å². The van der Waals surface area contributed by atoms with Crippen LogP contribution in [0.25, 0.3) is 11.0 Å². The van der Waals surface area contributed by atoms with Gasteiger partial charge in [0.05, 0.1) is 22.4 Å². The van der Waals surface area contributed by atoms with Crippen molar-refractivity contribution < 1.29 is 4.79 Å². The zero-order chi connectivity index (χ0) is 15.7. The van der Waals surface area contributed by atoms with E-state index < -0.39 is 0 Å². The second-order valence-corrected chi connectivity index (χ2v) is 6.08. The normalized spacial score (nSPS) is 19.2. The highest BCUT2D eigenvalue weighted by molar-refractivity contribution is 5.97. The van der Waals surface area contributed by atoms with Gasteiger partial charge in [0.1, 0.15) is 0 Å². The smallest absolute Gasteiger partial charge is 0.253 e. The van der Waals surface area contributed by atoms with E-state index in [0.717, 1.165) is 54.8 Å². The van der Waals surface area contributed by atoms with E-state index in [1.165, 1.54) is 0 Å². The maximum Gasteiger partial charge on any atom is 0.253 e. The molecular weight excluding hydrogens is 276 g/mol. The average Bonchev–Trinajstić information content (AvgIpc) is 2.72. The van der Waals surface area contributed by atoms with Crippen LogP contribution >= 0.6 is 0 Å². The van der Waals surface area contributed by atoms with E-state index >= 15 is 0 Å². The molecule has 1 saturated heterocycles. The lowest BCUT2D eigenvalue weighted by atomic mass is 10.1. The number of carbonyl (C=O) groups is 1. The van der Waals surface area contributed by atoms with Gasteiger partial charge in [-0.15, -0.1) is 0 Å². The van der Waals surface area contributed by atoms with Crippen molar-refractivity contribution in [3.8, 4) is 0 Å². The summed E-state index contributed by atoms with van der Waals surface area (Å²) >= 11 is 0. The summed E-state index contributed by atoms with van der Waals surface area (Å²) in [6.07, 6.45) is 2.83. The van der Waals surface area contributed by atoms with Gasteiger partial charge in [-0.25, -0.2) is 9.97 Å². The van der Waals surface area contributed by atoms with Crippen LogP contribution in [0, 0.1) is 13.8 Å². The highest BCUT2D eigenvalue weighted by Gasteiger charge is 2.20. The summed E-state index contributed by atoms with van der Waals surface area (Å²) in [5.74, 6) is 0.0658. The molecule has 1 aliphatic heterocycles. The Balaban J connectivity index is 1.89. The van der Waals surface area contributed by atoms with E-state index in [-0.39, 0.29) is 11.9 Å². The van der Waals surface area contributed by atoms with Crippen molar-refractivity contribution in [1.29, 1.82) is 0 Å². The zero-order valence-electron chi connectivity index (χ0n) is 13.2. The second-order valence-electron chi connectivity index (χ2n) is 6.08. The lowest BCUT2D eigenvalue weighted by molar-refractivity contribution is 0.0761. The van der Waals surface area contributed by atoms with Crippen LogP contribution in [0.5, 0.6) is 0 Å². The van der Waals surface area contributed by atoms with Crippen molar-refractivity contribution in [2.24, 2.45) is 5.73 Å². The lowest BCUT2D eigenvalue weighted by Crippen LogP contribution is -2.32. The highest BCUT2D eigenvalue weighted by atomic mass is 16.2. The molecule has 0 aliphatic carbocycles. The summed E-state index contributed by atoms with van der Waals surface area (Å²) in [6.45, 7) is 5.40. The summed E-state index contributed by atoms with van der Waals surface area (Å²) < 4.78 is 0. The number of aryl methyl sites for hydroxylation is 2. The SMILES string of the molecule is Cc1nc2ccc(C(=O)N3CCCC(N)CC3)cc2nc1C. The van der Waals surface area contributed by atoms with Gasteiger partial charge >= 0.3 is 0 Å². The number of benzene rings is 1. The van der Waals surface area contributed by atoms with E-state index in [0.29, 0.717) is 5.56 Å². The predicted octanol–water partition coefficient (Wildman–Crippen LogP) is 2.20. The molecule has 5 nitrogen and oxygen atoms in total. The molecule has 0 radical (unpaired) electrons. The van der Waals surface area contributed by atoms with Crippen LogP contribution in [-0.4, -0.2) is 39.9 Å². The van der Waals surface area contributed by atoms with E-state index in [1.54, 1.807) is 0 Å². The van der Waals surface area contributed by atoms with Gasteiger partial charge in [-0.1, -0.05) is 0 Å². The van der Waals surface area contributed by atoms with Crippen LogP contribution in [-0.2, 0) is 0 Å². The molecule has 1 aliphatic rings. The first-order chi connectivity index (χ1) is 10.5. The minimum atomic E-state index is 0.0658. The molecule has 1 aromatic heterocycles. The van der Waals surface area contributed by atoms with Crippen molar-refractivity contribution in [2.45, 2.75) is 39.2 Å². The first-order valence-corrected chi connectivity index (χ1v) is 7.84. The second kappa shape index (κ2) is 6.01. The Morgan fingerprint density at radius 3 is 2.64 bits per heavy atom. The number of hydrogen-bond acceptors (Lipinski definition) is 4. The fourth-order valence-electron chi connectivity index (χ4n) is 2.87. The number of hydrogen-bond donors (Lipinski definition) is 1. The fourth-order valence-corrected chi connectivity index (χ4v) is 2.87. The number of aromatic nitrogens is 2. The van der Waals surface area contributed by atoms with Crippen molar-refractivity contribution in [2.75, 3.05) is 13.1 Å². The molecule has 1 unspecified atom stereocenters. The largest absolute Gasteiger partial charge is 0.339 e. The maximum absolute atomic E-state index is 12.7. The van der Waals surface area contributed by atoms with Crippen LogP contribution < -0.4 is 5.73 Å². The third-order valence-electron chi connectivity index (χ3n) is 4.38. The average molecular weight is 298 g/mol. The Hall–Kier alpha value is -2.01. The van der Waals surface area contributed by atoms with E-state index in [4.69, 9.17) is 5.73 Å². The standard InChI is InChI=1S/C17H22N4O/c1-11-12(2)20-16-10-13(5-6-15(16)19-11)17(22)21-8-3-4-14(18)7-9-21/h5-6,10,14H,3-4,7-9,18H2,1-2H3. The van der Waals surface area contributed by atoms with Gasteiger partial charge in [-0.3, -0.25) is 4.79 Å². The summed E-state index contributed by atoms with van der Waals surface area (Å²) in [5, 5.41) is 0. The molecule has 22 heavy (non-hydrogen) atoms. The molecule has 1 fully saturated rings. The van der Waals surface area contributed by atoms with Gasteiger partial charge in [0.15, 0.2) is 0 Å². The fraction of sp³-hybridized carbons (Fsp3) is 0.471. The van der Waals surface area contributed by atoms with E-state index in [2.05, 4.69) is 9.97 Å². The summed E-state index contributed by atoms with van der Waals surface area (Å²) in [6, 6.07) is 5.79. The highest BCUT2D eigenvalue weighted by Crippen LogP contribution is 2.17. The number of carbonyl (C=O) groups excluding carboxylic acids is 1. The maximum atomic E-state index is 12.7. The van der Waals surface area contributed by atoms with Crippen LogP contribution in [0.4, 0.5) is 0 Å². The number of nitrogens with zero attached hydrogens (tertiary/aromatic N) is 3. The molecule has 0 saturated carbocycles. The van der Waals surface area contributed by atoms with Crippen molar-refractivity contribution >= 4 is 16.9 Å². The molecule has 2 N–H and O–H groups in total. The van der Waals surface area contributed by atoms with Gasteiger partial charge in [0.25, 0.3) is 5.91 Å². The molecule has 1 amide bonds. The molecule has 116 valence electrons.